The highest BCUT2D eigenvalue weighted by molar-refractivity contribution is 6.03. The molecule has 0 radical (unpaired) electrons. The number of piperazine rings is 1. The lowest BCUT2D eigenvalue weighted by Crippen LogP contribution is -2.57. The highest BCUT2D eigenvalue weighted by Gasteiger charge is 2.33. The molecule has 1 heterocycles. The van der Waals surface area contributed by atoms with E-state index in [9.17, 15) is 14.4 Å². The molecule has 3 rings (SSSR count). The second kappa shape index (κ2) is 7.97. The molecule has 26 heavy (non-hydrogen) atoms. The minimum atomic E-state index is -0.700. The van der Waals surface area contributed by atoms with Gasteiger partial charge >= 0.3 is 5.97 Å². The number of ether oxygens (including phenoxy) is 1. The molecule has 136 valence electrons. The first-order chi connectivity index (χ1) is 12.6. The number of rotatable bonds is 5. The van der Waals surface area contributed by atoms with Gasteiger partial charge in [-0.3, -0.25) is 19.3 Å². The number of anilines is 1. The van der Waals surface area contributed by atoms with Crippen molar-refractivity contribution in [1.82, 2.24) is 10.2 Å². The minimum absolute atomic E-state index is 0.0261. The van der Waals surface area contributed by atoms with Gasteiger partial charge in [-0.05, 0) is 11.5 Å². The summed E-state index contributed by atoms with van der Waals surface area (Å²) in [5, 5.41) is 7.61. The molecule has 2 aromatic carbocycles. The summed E-state index contributed by atoms with van der Waals surface area (Å²) in [7, 11) is 1.28. The fourth-order valence-corrected chi connectivity index (χ4v) is 3.12. The maximum absolute atomic E-state index is 12.5. The van der Waals surface area contributed by atoms with Crippen LogP contribution in [0.3, 0.4) is 0 Å². The van der Waals surface area contributed by atoms with Crippen molar-refractivity contribution in [2.24, 2.45) is 0 Å². The molecule has 0 saturated carbocycles. The van der Waals surface area contributed by atoms with Gasteiger partial charge in [0.05, 0.1) is 20.1 Å². The van der Waals surface area contributed by atoms with Crippen molar-refractivity contribution < 1.29 is 19.1 Å². The zero-order valence-electron chi connectivity index (χ0n) is 14.5. The van der Waals surface area contributed by atoms with Crippen LogP contribution in [0.1, 0.15) is 6.42 Å². The van der Waals surface area contributed by atoms with Crippen LogP contribution in [-0.4, -0.2) is 55.5 Å². The van der Waals surface area contributed by atoms with Crippen molar-refractivity contribution >= 4 is 34.2 Å². The van der Waals surface area contributed by atoms with Gasteiger partial charge < -0.3 is 15.4 Å². The fraction of sp³-hybridized carbons (Fsp3) is 0.316. The van der Waals surface area contributed by atoms with Crippen LogP contribution in [-0.2, 0) is 19.1 Å². The number of hydrogen-bond acceptors (Lipinski definition) is 5. The van der Waals surface area contributed by atoms with Crippen LogP contribution in [0, 0.1) is 0 Å². The summed E-state index contributed by atoms with van der Waals surface area (Å²) in [6.45, 7) is 0.965. The Morgan fingerprint density at radius 2 is 2.00 bits per heavy atom. The monoisotopic (exact) mass is 355 g/mol. The van der Waals surface area contributed by atoms with Gasteiger partial charge in [0.25, 0.3) is 0 Å². The first-order valence-corrected chi connectivity index (χ1v) is 8.44. The molecule has 1 aliphatic heterocycles. The summed E-state index contributed by atoms with van der Waals surface area (Å²) in [5.74, 6) is -0.975. The van der Waals surface area contributed by atoms with Crippen LogP contribution in [0.5, 0.6) is 0 Å². The summed E-state index contributed by atoms with van der Waals surface area (Å²) in [6.07, 6.45) is -0.0795. The van der Waals surface area contributed by atoms with Gasteiger partial charge in [0.15, 0.2) is 0 Å². The summed E-state index contributed by atoms with van der Waals surface area (Å²) >= 11 is 0. The van der Waals surface area contributed by atoms with E-state index in [0.29, 0.717) is 13.1 Å². The number of methoxy groups -OCH3 is 1. The number of carbonyl (C=O) groups is 3. The van der Waals surface area contributed by atoms with E-state index in [1.807, 2.05) is 42.5 Å². The van der Waals surface area contributed by atoms with Crippen molar-refractivity contribution in [3.8, 4) is 0 Å². The molecule has 0 aromatic heterocycles. The van der Waals surface area contributed by atoms with E-state index in [1.54, 1.807) is 4.90 Å². The van der Waals surface area contributed by atoms with Crippen LogP contribution >= 0.6 is 0 Å². The smallest absolute Gasteiger partial charge is 0.307 e. The summed E-state index contributed by atoms with van der Waals surface area (Å²) in [4.78, 5) is 37.9. The first kappa shape index (κ1) is 17.9. The number of fused-ring (bicyclic) bond motifs is 1. The summed E-state index contributed by atoms with van der Waals surface area (Å²) < 4.78 is 4.65. The lowest BCUT2D eigenvalue weighted by atomic mass is 10.1. The van der Waals surface area contributed by atoms with E-state index < -0.39 is 12.0 Å². The molecule has 0 aliphatic carbocycles. The lowest BCUT2D eigenvalue weighted by Gasteiger charge is -2.33. The molecule has 7 nitrogen and oxygen atoms in total. The van der Waals surface area contributed by atoms with Crippen LogP contribution in [0.15, 0.2) is 42.5 Å². The largest absolute Gasteiger partial charge is 0.469 e. The van der Waals surface area contributed by atoms with Crippen molar-refractivity contribution in [2.75, 3.05) is 32.1 Å². The Balaban J connectivity index is 1.71. The Morgan fingerprint density at radius 1 is 1.23 bits per heavy atom. The van der Waals surface area contributed by atoms with Gasteiger partial charge in [0.2, 0.25) is 11.8 Å². The topological polar surface area (TPSA) is 87.7 Å². The van der Waals surface area contributed by atoms with E-state index >= 15 is 0 Å². The Kier molecular flexibility index (Phi) is 5.48. The number of esters is 1. The molecule has 0 spiro atoms. The second-order valence-electron chi connectivity index (χ2n) is 6.13. The molecule has 1 aliphatic rings. The number of amides is 2. The third-order valence-electron chi connectivity index (χ3n) is 4.44. The number of nitrogens with one attached hydrogen (secondary N) is 2. The maximum Gasteiger partial charge on any atom is 0.307 e. The number of carbonyl (C=O) groups excluding carboxylic acids is 3. The Bertz CT molecular complexity index is 831. The standard InChI is InChI=1S/C19H21N3O4/c1-26-18(24)11-16-19(25)20-9-10-22(16)12-17(23)21-15-8-4-6-13-5-2-3-7-14(13)15/h2-8,16H,9-12H2,1H3,(H,20,25)(H,21,23)/t16-/m1/s1. The maximum atomic E-state index is 12.5. The Labute approximate surface area is 151 Å². The normalized spacial score (nSPS) is 17.6. The van der Waals surface area contributed by atoms with Crippen LogP contribution in [0.2, 0.25) is 0 Å². The molecular formula is C19H21N3O4. The number of nitrogens with zero attached hydrogens (tertiary/aromatic N) is 1. The third kappa shape index (κ3) is 4.00. The van der Waals surface area contributed by atoms with Gasteiger partial charge in [-0.25, -0.2) is 0 Å². The SMILES string of the molecule is COC(=O)C[C@@H]1C(=O)NCCN1CC(=O)Nc1cccc2ccccc12. The van der Waals surface area contributed by atoms with Crippen LogP contribution in [0.25, 0.3) is 10.8 Å². The molecule has 2 amide bonds. The summed E-state index contributed by atoms with van der Waals surface area (Å²) in [6, 6.07) is 12.8. The molecule has 1 saturated heterocycles. The zero-order chi connectivity index (χ0) is 18.5. The third-order valence-corrected chi connectivity index (χ3v) is 4.44. The van der Waals surface area contributed by atoms with Gasteiger partial charge in [-0.15, -0.1) is 0 Å². The van der Waals surface area contributed by atoms with Crippen LogP contribution < -0.4 is 10.6 Å². The van der Waals surface area contributed by atoms with E-state index in [1.165, 1.54) is 7.11 Å². The summed E-state index contributed by atoms with van der Waals surface area (Å²) in [5.41, 5.74) is 0.721. The van der Waals surface area contributed by atoms with E-state index in [2.05, 4.69) is 15.4 Å². The van der Waals surface area contributed by atoms with Gasteiger partial charge in [-0.1, -0.05) is 36.4 Å². The highest BCUT2D eigenvalue weighted by atomic mass is 16.5. The Morgan fingerprint density at radius 3 is 2.81 bits per heavy atom. The van der Waals surface area contributed by atoms with Crippen molar-refractivity contribution in [1.29, 1.82) is 0 Å². The zero-order valence-corrected chi connectivity index (χ0v) is 14.5. The molecule has 7 heteroatoms. The quantitative estimate of drug-likeness (QED) is 0.786. The minimum Gasteiger partial charge on any atom is -0.469 e. The fourth-order valence-electron chi connectivity index (χ4n) is 3.12. The predicted octanol–water partition coefficient (Wildman–Crippen LogP) is 1.14. The van der Waals surface area contributed by atoms with E-state index in [-0.39, 0.29) is 24.8 Å². The highest BCUT2D eigenvalue weighted by Crippen LogP contribution is 2.23. The predicted molar refractivity (Wildman–Crippen MR) is 97.6 cm³/mol. The van der Waals surface area contributed by atoms with E-state index in [0.717, 1.165) is 16.5 Å². The average Bonchev–Trinajstić information content (AvgIpc) is 2.64. The lowest BCUT2D eigenvalue weighted by molar-refractivity contribution is -0.146. The molecule has 1 fully saturated rings. The first-order valence-electron chi connectivity index (χ1n) is 8.44. The average molecular weight is 355 g/mol. The molecular weight excluding hydrogens is 334 g/mol. The molecule has 1 atom stereocenters. The molecule has 0 bridgehead atoms. The second-order valence-corrected chi connectivity index (χ2v) is 6.13. The molecule has 0 unspecified atom stereocenters. The van der Waals surface area contributed by atoms with Crippen molar-refractivity contribution in [2.45, 2.75) is 12.5 Å². The van der Waals surface area contributed by atoms with Gasteiger partial charge in [-0.2, -0.15) is 0 Å². The number of benzene rings is 2. The number of hydrogen-bond donors (Lipinski definition) is 2. The van der Waals surface area contributed by atoms with Gasteiger partial charge in [0.1, 0.15) is 6.04 Å². The Hall–Kier alpha value is -2.93. The van der Waals surface area contributed by atoms with Crippen molar-refractivity contribution in [3.05, 3.63) is 42.5 Å². The van der Waals surface area contributed by atoms with E-state index in [4.69, 9.17) is 0 Å². The van der Waals surface area contributed by atoms with Crippen molar-refractivity contribution in [3.63, 3.8) is 0 Å². The molecule has 2 aromatic rings. The molecule has 2 N–H and O–H groups in total. The van der Waals surface area contributed by atoms with Crippen LogP contribution in [0.4, 0.5) is 5.69 Å². The van der Waals surface area contributed by atoms with Gasteiger partial charge in [0, 0.05) is 24.2 Å².